The van der Waals surface area contributed by atoms with Gasteiger partial charge in [-0.25, -0.2) is 4.98 Å². The fourth-order valence-corrected chi connectivity index (χ4v) is 3.21. The molecule has 3 heteroatoms. The molecule has 0 atom stereocenters. The molecule has 0 aliphatic carbocycles. The Morgan fingerprint density at radius 1 is 1.10 bits per heavy atom. The SMILES string of the molecule is CCc1ccc(-c2nc(CC)c(CNC(C)C)s2)cc1. The highest BCUT2D eigenvalue weighted by Gasteiger charge is 2.11. The molecule has 108 valence electrons. The van der Waals surface area contributed by atoms with Gasteiger partial charge in [-0.05, 0) is 18.4 Å². The van der Waals surface area contributed by atoms with Crippen molar-refractivity contribution in [2.45, 2.75) is 53.1 Å². The zero-order valence-corrected chi connectivity index (χ0v) is 13.7. The molecule has 20 heavy (non-hydrogen) atoms. The fraction of sp³-hybridized carbons (Fsp3) is 0.471. The first-order chi connectivity index (χ1) is 9.63. The Labute approximate surface area is 126 Å². The number of aromatic nitrogens is 1. The van der Waals surface area contributed by atoms with Gasteiger partial charge in [-0.15, -0.1) is 11.3 Å². The molecule has 0 spiro atoms. The zero-order chi connectivity index (χ0) is 14.5. The van der Waals surface area contributed by atoms with Gasteiger partial charge < -0.3 is 5.32 Å². The molecule has 2 nitrogen and oxygen atoms in total. The third kappa shape index (κ3) is 3.68. The Kier molecular flexibility index (Phi) is 5.32. The summed E-state index contributed by atoms with van der Waals surface area (Å²) in [6.45, 7) is 9.64. The van der Waals surface area contributed by atoms with Crippen LogP contribution in [0.5, 0.6) is 0 Å². The molecule has 1 heterocycles. The summed E-state index contributed by atoms with van der Waals surface area (Å²) in [5.41, 5.74) is 3.85. The van der Waals surface area contributed by atoms with Gasteiger partial charge in [-0.1, -0.05) is 52.0 Å². The van der Waals surface area contributed by atoms with Crippen LogP contribution in [0, 0.1) is 0 Å². The van der Waals surface area contributed by atoms with Crippen molar-refractivity contribution in [3.05, 3.63) is 40.4 Å². The van der Waals surface area contributed by atoms with E-state index in [0.29, 0.717) is 6.04 Å². The summed E-state index contributed by atoms with van der Waals surface area (Å²) in [6.07, 6.45) is 2.08. The third-order valence-corrected chi connectivity index (χ3v) is 4.54. The Morgan fingerprint density at radius 2 is 1.80 bits per heavy atom. The topological polar surface area (TPSA) is 24.9 Å². The molecule has 0 radical (unpaired) electrons. The first-order valence-electron chi connectivity index (χ1n) is 7.45. The molecule has 0 amide bonds. The highest BCUT2D eigenvalue weighted by molar-refractivity contribution is 7.15. The molecule has 0 fully saturated rings. The highest BCUT2D eigenvalue weighted by Crippen LogP contribution is 2.28. The third-order valence-electron chi connectivity index (χ3n) is 3.39. The van der Waals surface area contributed by atoms with Crippen LogP contribution in [-0.2, 0) is 19.4 Å². The van der Waals surface area contributed by atoms with E-state index in [9.17, 15) is 0 Å². The quantitative estimate of drug-likeness (QED) is 0.850. The number of nitrogens with one attached hydrogen (secondary N) is 1. The predicted molar refractivity (Wildman–Crippen MR) is 88.3 cm³/mol. The van der Waals surface area contributed by atoms with Crippen molar-refractivity contribution in [1.82, 2.24) is 10.3 Å². The van der Waals surface area contributed by atoms with Crippen molar-refractivity contribution in [3.63, 3.8) is 0 Å². The summed E-state index contributed by atoms with van der Waals surface area (Å²) in [7, 11) is 0. The van der Waals surface area contributed by atoms with Gasteiger partial charge >= 0.3 is 0 Å². The molecule has 2 rings (SSSR count). The maximum atomic E-state index is 4.81. The van der Waals surface area contributed by atoms with E-state index in [1.165, 1.54) is 21.7 Å². The zero-order valence-electron chi connectivity index (χ0n) is 12.9. The molecule has 2 aromatic rings. The molecule has 1 aromatic carbocycles. The fourth-order valence-electron chi connectivity index (χ4n) is 2.10. The summed E-state index contributed by atoms with van der Waals surface area (Å²) in [6, 6.07) is 9.30. The van der Waals surface area contributed by atoms with Gasteiger partial charge in [0, 0.05) is 23.0 Å². The van der Waals surface area contributed by atoms with Gasteiger partial charge in [0.25, 0.3) is 0 Å². The van der Waals surface area contributed by atoms with Crippen LogP contribution in [0.15, 0.2) is 24.3 Å². The lowest BCUT2D eigenvalue weighted by Gasteiger charge is -2.06. The monoisotopic (exact) mass is 288 g/mol. The molecule has 1 aromatic heterocycles. The minimum Gasteiger partial charge on any atom is -0.310 e. The molecule has 0 saturated carbocycles. The van der Waals surface area contributed by atoms with Crippen LogP contribution in [0.1, 0.15) is 43.8 Å². The first-order valence-corrected chi connectivity index (χ1v) is 8.27. The Morgan fingerprint density at radius 3 is 2.35 bits per heavy atom. The van der Waals surface area contributed by atoms with E-state index in [2.05, 4.69) is 57.3 Å². The van der Waals surface area contributed by atoms with Crippen LogP contribution >= 0.6 is 11.3 Å². The van der Waals surface area contributed by atoms with Crippen LogP contribution in [0.25, 0.3) is 10.6 Å². The maximum absolute atomic E-state index is 4.81. The van der Waals surface area contributed by atoms with Gasteiger partial charge in [0.1, 0.15) is 5.01 Å². The number of rotatable bonds is 6. The largest absolute Gasteiger partial charge is 0.310 e. The summed E-state index contributed by atoms with van der Waals surface area (Å²) >= 11 is 1.82. The number of thiazole rings is 1. The van der Waals surface area contributed by atoms with Gasteiger partial charge in [0.05, 0.1) is 5.69 Å². The van der Waals surface area contributed by atoms with Crippen LogP contribution in [0.3, 0.4) is 0 Å². The van der Waals surface area contributed by atoms with Crippen molar-refractivity contribution in [2.24, 2.45) is 0 Å². The Balaban J connectivity index is 2.23. The lowest BCUT2D eigenvalue weighted by atomic mass is 10.1. The average molecular weight is 288 g/mol. The second-order valence-corrected chi connectivity index (χ2v) is 6.41. The lowest BCUT2D eigenvalue weighted by molar-refractivity contribution is 0.590. The van der Waals surface area contributed by atoms with Crippen LogP contribution in [0.4, 0.5) is 0 Å². The molecule has 0 aliphatic rings. The Bertz CT molecular complexity index is 541. The standard InChI is InChI=1S/C17H24N2S/c1-5-13-7-9-14(10-8-13)17-19-15(6-2)16(20-17)11-18-12(3)4/h7-10,12,18H,5-6,11H2,1-4H3. The molecule has 0 aliphatic heterocycles. The maximum Gasteiger partial charge on any atom is 0.123 e. The van der Waals surface area contributed by atoms with Crippen LogP contribution in [-0.4, -0.2) is 11.0 Å². The lowest BCUT2D eigenvalue weighted by Crippen LogP contribution is -2.21. The van der Waals surface area contributed by atoms with Crippen molar-refractivity contribution in [3.8, 4) is 10.6 Å². The summed E-state index contributed by atoms with van der Waals surface area (Å²) < 4.78 is 0. The van der Waals surface area contributed by atoms with E-state index in [-0.39, 0.29) is 0 Å². The smallest absolute Gasteiger partial charge is 0.123 e. The second kappa shape index (κ2) is 7.00. The van der Waals surface area contributed by atoms with E-state index in [0.717, 1.165) is 24.4 Å². The number of hydrogen-bond acceptors (Lipinski definition) is 3. The normalized spacial score (nSPS) is 11.2. The van der Waals surface area contributed by atoms with E-state index in [1.807, 2.05) is 11.3 Å². The molecule has 0 unspecified atom stereocenters. The van der Waals surface area contributed by atoms with Gasteiger partial charge in [0.15, 0.2) is 0 Å². The number of aryl methyl sites for hydroxylation is 2. The molecular formula is C17H24N2S. The summed E-state index contributed by atoms with van der Waals surface area (Å²) in [5, 5.41) is 4.63. The first kappa shape index (κ1) is 15.2. The van der Waals surface area contributed by atoms with E-state index < -0.39 is 0 Å². The second-order valence-electron chi connectivity index (χ2n) is 5.33. The molecular weight excluding hydrogens is 264 g/mol. The van der Waals surface area contributed by atoms with E-state index in [4.69, 9.17) is 4.98 Å². The molecule has 0 bridgehead atoms. The minimum atomic E-state index is 0.508. The van der Waals surface area contributed by atoms with E-state index in [1.54, 1.807) is 0 Å². The van der Waals surface area contributed by atoms with Gasteiger partial charge in [0.2, 0.25) is 0 Å². The predicted octanol–water partition coefficient (Wildman–Crippen LogP) is 4.43. The minimum absolute atomic E-state index is 0.508. The number of hydrogen-bond donors (Lipinski definition) is 1. The van der Waals surface area contributed by atoms with Crippen LogP contribution < -0.4 is 5.32 Å². The number of nitrogens with zero attached hydrogens (tertiary/aromatic N) is 1. The number of benzene rings is 1. The van der Waals surface area contributed by atoms with Gasteiger partial charge in [-0.2, -0.15) is 0 Å². The Hall–Kier alpha value is -1.19. The average Bonchev–Trinajstić information content (AvgIpc) is 2.88. The summed E-state index contributed by atoms with van der Waals surface area (Å²) in [5.74, 6) is 0. The van der Waals surface area contributed by atoms with Crippen molar-refractivity contribution in [1.29, 1.82) is 0 Å². The van der Waals surface area contributed by atoms with Crippen molar-refractivity contribution in [2.75, 3.05) is 0 Å². The highest BCUT2D eigenvalue weighted by atomic mass is 32.1. The molecule has 0 saturated heterocycles. The van der Waals surface area contributed by atoms with Crippen molar-refractivity contribution >= 4 is 11.3 Å². The van der Waals surface area contributed by atoms with Crippen LogP contribution in [0.2, 0.25) is 0 Å². The van der Waals surface area contributed by atoms with Crippen molar-refractivity contribution < 1.29 is 0 Å². The molecule has 1 N–H and O–H groups in total. The van der Waals surface area contributed by atoms with E-state index >= 15 is 0 Å². The summed E-state index contributed by atoms with van der Waals surface area (Å²) in [4.78, 5) is 6.18. The van der Waals surface area contributed by atoms with Gasteiger partial charge in [-0.3, -0.25) is 0 Å².